The smallest absolute Gasteiger partial charge is 0.336 e. The third-order valence-corrected chi connectivity index (χ3v) is 5.42. The van der Waals surface area contributed by atoms with E-state index >= 15 is 0 Å². The number of carbonyl (C=O) groups is 1. The van der Waals surface area contributed by atoms with Crippen LogP contribution in [0.5, 0.6) is 0 Å². The fraction of sp³-hybridized carbons (Fsp3) is 0.238. The summed E-state index contributed by atoms with van der Waals surface area (Å²) < 4.78 is 10.6. The number of hydrogen-bond donors (Lipinski definition) is 0. The van der Waals surface area contributed by atoms with E-state index in [1.165, 1.54) is 17.8 Å². The molecule has 0 N–H and O–H groups in total. The van der Waals surface area contributed by atoms with Crippen LogP contribution in [0.15, 0.2) is 56.6 Å². The summed E-state index contributed by atoms with van der Waals surface area (Å²) >= 11 is 1.45. The van der Waals surface area contributed by atoms with E-state index in [4.69, 9.17) is 9.15 Å². The standard InChI is InChI=1S/C21H20O4S/c1-13-6-4-5-7-19(13)26-12-21(23)24-11-16-10-20(22)25-18-9-15(3)14(2)8-17(16)18/h4-10H,11-12H2,1-3H3. The molecule has 0 fully saturated rings. The second kappa shape index (κ2) is 7.79. The van der Waals surface area contributed by atoms with Crippen molar-refractivity contribution < 1.29 is 13.9 Å². The molecule has 0 amide bonds. The second-order valence-corrected chi connectivity index (χ2v) is 7.26. The van der Waals surface area contributed by atoms with E-state index < -0.39 is 5.63 Å². The maximum atomic E-state index is 12.1. The number of carbonyl (C=O) groups excluding carboxylic acids is 1. The van der Waals surface area contributed by atoms with Crippen LogP contribution in [0.2, 0.25) is 0 Å². The van der Waals surface area contributed by atoms with E-state index in [0.29, 0.717) is 11.1 Å². The van der Waals surface area contributed by atoms with Gasteiger partial charge in [-0.2, -0.15) is 0 Å². The summed E-state index contributed by atoms with van der Waals surface area (Å²) in [4.78, 5) is 24.9. The Morgan fingerprint density at radius 3 is 2.54 bits per heavy atom. The number of ether oxygens (including phenoxy) is 1. The largest absolute Gasteiger partial charge is 0.460 e. The van der Waals surface area contributed by atoms with Gasteiger partial charge < -0.3 is 9.15 Å². The fourth-order valence-corrected chi connectivity index (χ4v) is 3.48. The molecule has 0 saturated carbocycles. The van der Waals surface area contributed by atoms with Crippen molar-refractivity contribution in [3.8, 4) is 0 Å². The van der Waals surface area contributed by atoms with Crippen LogP contribution in [-0.4, -0.2) is 11.7 Å². The molecule has 0 aliphatic rings. The Morgan fingerprint density at radius 2 is 1.77 bits per heavy atom. The zero-order valence-corrected chi connectivity index (χ0v) is 15.8. The van der Waals surface area contributed by atoms with Crippen LogP contribution in [0.4, 0.5) is 0 Å². The highest BCUT2D eigenvalue weighted by atomic mass is 32.2. The minimum atomic E-state index is -0.443. The molecule has 1 aromatic heterocycles. The van der Waals surface area contributed by atoms with Crippen LogP contribution in [0.3, 0.4) is 0 Å². The zero-order valence-electron chi connectivity index (χ0n) is 15.0. The zero-order chi connectivity index (χ0) is 18.7. The molecular weight excluding hydrogens is 348 g/mol. The molecule has 0 unspecified atom stereocenters. The Kier molecular flexibility index (Phi) is 5.47. The number of rotatable bonds is 5. The molecular formula is C21H20O4S. The van der Waals surface area contributed by atoms with Crippen molar-refractivity contribution in [3.63, 3.8) is 0 Å². The molecule has 0 aliphatic carbocycles. The van der Waals surface area contributed by atoms with Gasteiger partial charge in [-0.05, 0) is 55.7 Å². The van der Waals surface area contributed by atoms with Gasteiger partial charge in [-0.15, -0.1) is 11.8 Å². The topological polar surface area (TPSA) is 56.5 Å². The lowest BCUT2D eigenvalue weighted by Crippen LogP contribution is -2.09. The Labute approximate surface area is 156 Å². The third-order valence-electron chi connectivity index (χ3n) is 4.27. The van der Waals surface area contributed by atoms with Crippen molar-refractivity contribution in [2.24, 2.45) is 0 Å². The van der Waals surface area contributed by atoms with Crippen molar-refractivity contribution in [1.29, 1.82) is 0 Å². The molecule has 5 heteroatoms. The van der Waals surface area contributed by atoms with Crippen LogP contribution < -0.4 is 5.63 Å². The average Bonchev–Trinajstić information content (AvgIpc) is 2.60. The monoisotopic (exact) mass is 368 g/mol. The van der Waals surface area contributed by atoms with Gasteiger partial charge in [-0.3, -0.25) is 4.79 Å². The minimum absolute atomic E-state index is 0.0533. The molecule has 0 atom stereocenters. The van der Waals surface area contributed by atoms with Crippen LogP contribution in [0.1, 0.15) is 22.3 Å². The van der Waals surface area contributed by atoms with Gasteiger partial charge in [0.1, 0.15) is 12.2 Å². The molecule has 0 saturated heterocycles. The lowest BCUT2D eigenvalue weighted by molar-refractivity contribution is -0.141. The number of esters is 1. The first-order chi connectivity index (χ1) is 12.4. The molecule has 3 rings (SSSR count). The maximum Gasteiger partial charge on any atom is 0.336 e. The lowest BCUT2D eigenvalue weighted by atomic mass is 10.0. The van der Waals surface area contributed by atoms with E-state index in [2.05, 4.69) is 0 Å². The summed E-state index contributed by atoms with van der Waals surface area (Å²) in [6.45, 7) is 6.02. The molecule has 1 heterocycles. The Morgan fingerprint density at radius 1 is 1.04 bits per heavy atom. The SMILES string of the molecule is Cc1cc2oc(=O)cc(COC(=O)CSc3ccccc3C)c2cc1C. The normalized spacial score (nSPS) is 10.9. The van der Waals surface area contributed by atoms with E-state index in [-0.39, 0.29) is 18.3 Å². The molecule has 0 radical (unpaired) electrons. The first-order valence-corrected chi connectivity index (χ1v) is 9.30. The summed E-state index contributed by atoms with van der Waals surface area (Å²) in [5.74, 6) is -0.0917. The number of aryl methyl sites for hydroxylation is 3. The van der Waals surface area contributed by atoms with Crippen LogP contribution in [-0.2, 0) is 16.1 Å². The van der Waals surface area contributed by atoms with Crippen LogP contribution >= 0.6 is 11.8 Å². The summed E-state index contributed by atoms with van der Waals surface area (Å²) in [5, 5.41) is 0.798. The first-order valence-electron chi connectivity index (χ1n) is 8.32. The predicted molar refractivity (Wildman–Crippen MR) is 104 cm³/mol. The van der Waals surface area contributed by atoms with Gasteiger partial charge in [0.05, 0.1) is 5.75 Å². The molecule has 0 aliphatic heterocycles. The summed E-state index contributed by atoms with van der Waals surface area (Å²) in [5.41, 5.74) is 4.00. The van der Waals surface area contributed by atoms with Gasteiger partial charge in [0.15, 0.2) is 0 Å². The highest BCUT2D eigenvalue weighted by Gasteiger charge is 2.11. The molecule has 0 bridgehead atoms. The Balaban J connectivity index is 1.71. The van der Waals surface area contributed by atoms with Crippen molar-refractivity contribution in [2.75, 3.05) is 5.75 Å². The molecule has 26 heavy (non-hydrogen) atoms. The fourth-order valence-electron chi connectivity index (χ4n) is 2.66. The molecule has 0 spiro atoms. The summed E-state index contributed by atoms with van der Waals surface area (Å²) in [7, 11) is 0. The summed E-state index contributed by atoms with van der Waals surface area (Å²) in [6.07, 6.45) is 0. The predicted octanol–water partition coefficient (Wildman–Crippen LogP) is 4.55. The molecule has 134 valence electrons. The average molecular weight is 368 g/mol. The van der Waals surface area contributed by atoms with Gasteiger partial charge in [-0.1, -0.05) is 18.2 Å². The van der Waals surface area contributed by atoms with E-state index in [1.807, 2.05) is 57.2 Å². The van der Waals surface area contributed by atoms with Gasteiger partial charge in [0, 0.05) is 21.9 Å². The lowest BCUT2D eigenvalue weighted by Gasteiger charge is -2.09. The quantitative estimate of drug-likeness (QED) is 0.376. The maximum absolute atomic E-state index is 12.1. The van der Waals surface area contributed by atoms with Gasteiger partial charge >= 0.3 is 11.6 Å². The first kappa shape index (κ1) is 18.3. The van der Waals surface area contributed by atoms with E-state index in [0.717, 1.165) is 27.0 Å². The van der Waals surface area contributed by atoms with Gasteiger partial charge in [-0.25, -0.2) is 4.79 Å². The minimum Gasteiger partial charge on any atom is -0.460 e. The van der Waals surface area contributed by atoms with Crippen molar-refractivity contribution in [2.45, 2.75) is 32.3 Å². The highest BCUT2D eigenvalue weighted by molar-refractivity contribution is 8.00. The van der Waals surface area contributed by atoms with E-state index in [1.54, 1.807) is 0 Å². The number of hydrogen-bond acceptors (Lipinski definition) is 5. The van der Waals surface area contributed by atoms with Gasteiger partial charge in [0.2, 0.25) is 0 Å². The van der Waals surface area contributed by atoms with Crippen LogP contribution in [0, 0.1) is 20.8 Å². The molecule has 4 nitrogen and oxygen atoms in total. The molecule has 2 aromatic carbocycles. The second-order valence-electron chi connectivity index (χ2n) is 6.24. The third kappa shape index (κ3) is 4.17. The summed E-state index contributed by atoms with van der Waals surface area (Å²) in [6, 6.07) is 13.1. The van der Waals surface area contributed by atoms with Gasteiger partial charge in [0.25, 0.3) is 0 Å². The number of benzene rings is 2. The number of thioether (sulfide) groups is 1. The van der Waals surface area contributed by atoms with Crippen molar-refractivity contribution in [1.82, 2.24) is 0 Å². The molecule has 3 aromatic rings. The van der Waals surface area contributed by atoms with Crippen molar-refractivity contribution in [3.05, 3.63) is 75.1 Å². The van der Waals surface area contributed by atoms with E-state index in [9.17, 15) is 9.59 Å². The highest BCUT2D eigenvalue weighted by Crippen LogP contribution is 2.24. The Bertz CT molecular complexity index is 1020. The van der Waals surface area contributed by atoms with Crippen molar-refractivity contribution >= 4 is 28.7 Å². The van der Waals surface area contributed by atoms with Crippen LogP contribution in [0.25, 0.3) is 11.0 Å². The Hall–Kier alpha value is -2.53. The number of fused-ring (bicyclic) bond motifs is 1.